The Morgan fingerprint density at radius 2 is 1.00 bits per heavy atom. The fraction of sp³-hybridized carbons (Fsp3) is 0.258. The Hall–Kier alpha value is -5.27. The fourth-order valence-electron chi connectivity index (χ4n) is 4.36. The van der Waals surface area contributed by atoms with Gasteiger partial charge in [0.15, 0.2) is 0 Å². The van der Waals surface area contributed by atoms with E-state index in [0.29, 0.717) is 33.6 Å². The van der Waals surface area contributed by atoms with E-state index in [2.05, 4.69) is 36.2 Å². The average molecular weight is 596 g/mol. The van der Waals surface area contributed by atoms with Crippen molar-refractivity contribution in [2.75, 3.05) is 0 Å². The van der Waals surface area contributed by atoms with Gasteiger partial charge in [0.05, 0.1) is 0 Å². The standard InChI is InChI=1S/C31H33N9O4/c1-30(2,3)20-12-16(24(41)35-32)10-18(14-20)26-37-39-28(43-26)22-8-7-9-23(34-22)29-40-38-27(44-29)19-11-17(25(42)36-33)13-21(15-19)31(4,5)6/h7-15H,32-33H2,1-6H3,(H,35,41)(H,36,42). The summed E-state index contributed by atoms with van der Waals surface area (Å²) in [6, 6.07) is 15.8. The molecule has 0 unspecified atom stereocenters. The lowest BCUT2D eigenvalue weighted by Gasteiger charge is -2.20. The van der Waals surface area contributed by atoms with E-state index in [1.807, 2.05) is 53.7 Å². The van der Waals surface area contributed by atoms with Crippen LogP contribution >= 0.6 is 0 Å². The van der Waals surface area contributed by atoms with E-state index >= 15 is 0 Å². The summed E-state index contributed by atoms with van der Waals surface area (Å²) in [5.74, 6) is 10.6. The predicted molar refractivity (Wildman–Crippen MR) is 162 cm³/mol. The predicted octanol–water partition coefficient (Wildman–Crippen LogP) is 4.32. The number of amides is 2. The third kappa shape index (κ3) is 6.23. The molecule has 0 saturated heterocycles. The lowest BCUT2D eigenvalue weighted by atomic mass is 9.85. The minimum absolute atomic E-state index is 0.155. The molecule has 5 aromatic rings. The molecule has 2 aromatic carbocycles. The van der Waals surface area contributed by atoms with E-state index in [1.165, 1.54) is 0 Å². The summed E-state index contributed by atoms with van der Waals surface area (Å²) in [5.41, 5.74) is 8.22. The SMILES string of the molecule is CC(C)(C)c1cc(C(=O)NN)cc(-c2nnc(-c3cccc(-c4nnc(-c5cc(C(=O)NN)cc(C(C)(C)C)c5)o4)n3)o2)c1. The zero-order valence-electron chi connectivity index (χ0n) is 25.2. The Labute approximate surface area is 253 Å². The summed E-state index contributed by atoms with van der Waals surface area (Å²) in [6.07, 6.45) is 0. The van der Waals surface area contributed by atoms with E-state index in [1.54, 1.807) is 42.5 Å². The highest BCUT2D eigenvalue weighted by atomic mass is 16.4. The van der Waals surface area contributed by atoms with Gasteiger partial charge in [0, 0.05) is 22.3 Å². The highest BCUT2D eigenvalue weighted by molar-refractivity contribution is 5.95. The molecular weight excluding hydrogens is 562 g/mol. The number of pyridine rings is 1. The van der Waals surface area contributed by atoms with E-state index in [0.717, 1.165) is 11.1 Å². The van der Waals surface area contributed by atoms with Gasteiger partial charge in [-0.1, -0.05) is 47.6 Å². The lowest BCUT2D eigenvalue weighted by molar-refractivity contribution is 0.0945. The molecule has 0 aliphatic rings. The first-order valence-electron chi connectivity index (χ1n) is 13.8. The van der Waals surface area contributed by atoms with Crippen molar-refractivity contribution in [3.05, 3.63) is 76.9 Å². The molecule has 0 aliphatic heterocycles. The second-order valence-corrected chi connectivity index (χ2v) is 12.3. The van der Waals surface area contributed by atoms with Crippen LogP contribution < -0.4 is 22.5 Å². The third-order valence-corrected chi connectivity index (χ3v) is 6.92. The number of nitrogens with two attached hydrogens (primary N) is 2. The molecule has 0 bridgehead atoms. The van der Waals surface area contributed by atoms with E-state index in [4.69, 9.17) is 20.5 Å². The van der Waals surface area contributed by atoms with E-state index in [9.17, 15) is 9.59 Å². The van der Waals surface area contributed by atoms with Crippen LogP contribution in [0.3, 0.4) is 0 Å². The van der Waals surface area contributed by atoms with Crippen molar-refractivity contribution in [3.8, 4) is 46.1 Å². The topological polar surface area (TPSA) is 201 Å². The number of benzene rings is 2. The van der Waals surface area contributed by atoms with Gasteiger partial charge < -0.3 is 8.83 Å². The van der Waals surface area contributed by atoms with Gasteiger partial charge in [-0.2, -0.15) is 0 Å². The number of nitrogen functional groups attached to an aromatic ring is 2. The summed E-state index contributed by atoms with van der Waals surface area (Å²) >= 11 is 0. The second kappa shape index (κ2) is 11.4. The van der Waals surface area contributed by atoms with Crippen molar-refractivity contribution < 1.29 is 18.4 Å². The molecule has 3 aromatic heterocycles. The van der Waals surface area contributed by atoms with Crippen LogP contribution in [0.2, 0.25) is 0 Å². The van der Waals surface area contributed by atoms with Gasteiger partial charge >= 0.3 is 0 Å². The molecule has 5 rings (SSSR count). The van der Waals surface area contributed by atoms with Crippen molar-refractivity contribution in [3.63, 3.8) is 0 Å². The minimum Gasteiger partial charge on any atom is -0.415 e. The summed E-state index contributed by atoms with van der Waals surface area (Å²) in [6.45, 7) is 12.2. The number of hydrazine groups is 2. The summed E-state index contributed by atoms with van der Waals surface area (Å²) < 4.78 is 12.0. The molecule has 226 valence electrons. The molecule has 0 saturated carbocycles. The Balaban J connectivity index is 1.48. The van der Waals surface area contributed by atoms with Gasteiger partial charge in [-0.15, -0.1) is 20.4 Å². The number of rotatable bonds is 6. The smallest absolute Gasteiger partial charge is 0.266 e. The lowest BCUT2D eigenvalue weighted by Crippen LogP contribution is -2.30. The van der Waals surface area contributed by atoms with E-state index < -0.39 is 11.8 Å². The highest BCUT2D eigenvalue weighted by Gasteiger charge is 2.23. The molecule has 0 atom stereocenters. The van der Waals surface area contributed by atoms with Gasteiger partial charge in [0.2, 0.25) is 11.8 Å². The molecule has 6 N–H and O–H groups in total. The number of nitrogens with zero attached hydrogens (tertiary/aromatic N) is 5. The summed E-state index contributed by atoms with van der Waals surface area (Å²) in [7, 11) is 0. The van der Waals surface area contributed by atoms with Crippen LogP contribution in [0.15, 0.2) is 63.4 Å². The molecule has 3 heterocycles. The molecule has 13 heteroatoms. The number of hydrogen-bond acceptors (Lipinski definition) is 11. The van der Waals surface area contributed by atoms with Crippen molar-refractivity contribution in [1.82, 2.24) is 36.2 Å². The van der Waals surface area contributed by atoms with Crippen LogP contribution in [-0.4, -0.2) is 37.2 Å². The quantitative estimate of drug-likeness (QED) is 0.124. The largest absolute Gasteiger partial charge is 0.415 e. The number of carbonyl (C=O) groups is 2. The Kier molecular flexibility index (Phi) is 7.84. The first kappa shape index (κ1) is 30.2. The number of nitrogens with one attached hydrogen (secondary N) is 2. The van der Waals surface area contributed by atoms with Gasteiger partial charge in [0.1, 0.15) is 11.4 Å². The van der Waals surface area contributed by atoms with Crippen molar-refractivity contribution in [2.45, 2.75) is 52.4 Å². The normalized spacial score (nSPS) is 11.8. The maximum atomic E-state index is 12.3. The number of aromatic nitrogens is 5. The van der Waals surface area contributed by atoms with Crippen LogP contribution in [0.25, 0.3) is 46.1 Å². The third-order valence-electron chi connectivity index (χ3n) is 6.92. The maximum Gasteiger partial charge on any atom is 0.266 e. The van der Waals surface area contributed by atoms with Gasteiger partial charge in [0.25, 0.3) is 23.6 Å². The fourth-order valence-corrected chi connectivity index (χ4v) is 4.36. The number of carbonyl (C=O) groups excluding carboxylic acids is 2. The zero-order chi connectivity index (χ0) is 31.8. The molecule has 0 spiro atoms. The van der Waals surface area contributed by atoms with E-state index in [-0.39, 0.29) is 34.4 Å². The molecule has 0 radical (unpaired) electrons. The zero-order valence-corrected chi connectivity index (χ0v) is 25.2. The molecule has 0 aliphatic carbocycles. The van der Waals surface area contributed by atoms with Crippen LogP contribution in [-0.2, 0) is 10.8 Å². The molecule has 13 nitrogen and oxygen atoms in total. The van der Waals surface area contributed by atoms with Gasteiger partial charge in [-0.05, 0) is 70.5 Å². The van der Waals surface area contributed by atoms with Crippen molar-refractivity contribution in [2.24, 2.45) is 11.7 Å². The second-order valence-electron chi connectivity index (χ2n) is 12.3. The molecular formula is C31H33N9O4. The Morgan fingerprint density at radius 3 is 1.36 bits per heavy atom. The van der Waals surface area contributed by atoms with Crippen molar-refractivity contribution >= 4 is 11.8 Å². The average Bonchev–Trinajstić information content (AvgIpc) is 3.70. The minimum atomic E-state index is -0.436. The van der Waals surface area contributed by atoms with Crippen LogP contribution in [0.4, 0.5) is 0 Å². The van der Waals surface area contributed by atoms with Crippen LogP contribution in [0, 0.1) is 0 Å². The van der Waals surface area contributed by atoms with Crippen molar-refractivity contribution in [1.29, 1.82) is 0 Å². The first-order valence-corrected chi connectivity index (χ1v) is 13.8. The van der Waals surface area contributed by atoms with Crippen LogP contribution in [0.1, 0.15) is 73.4 Å². The molecule has 44 heavy (non-hydrogen) atoms. The molecule has 2 amide bonds. The Bertz CT molecular complexity index is 1730. The van der Waals surface area contributed by atoms with Crippen LogP contribution in [0.5, 0.6) is 0 Å². The summed E-state index contributed by atoms with van der Waals surface area (Å²) in [5, 5.41) is 16.8. The summed E-state index contributed by atoms with van der Waals surface area (Å²) in [4.78, 5) is 29.3. The maximum absolute atomic E-state index is 12.3. The highest BCUT2D eigenvalue weighted by Crippen LogP contribution is 2.32. The molecule has 0 fully saturated rings. The monoisotopic (exact) mass is 595 g/mol. The van der Waals surface area contributed by atoms with Gasteiger partial charge in [-0.25, -0.2) is 16.7 Å². The number of hydrogen-bond donors (Lipinski definition) is 4. The van der Waals surface area contributed by atoms with Gasteiger partial charge in [-0.3, -0.25) is 20.4 Å². The first-order chi connectivity index (χ1) is 20.8. The Morgan fingerprint density at radius 1 is 0.614 bits per heavy atom.